The molecular weight excluding hydrogens is 188 g/mol. The molecule has 0 atom stereocenters. The number of aryl methyl sites for hydroxylation is 2. The lowest BCUT2D eigenvalue weighted by Crippen LogP contribution is -2.18. The van der Waals surface area contributed by atoms with Crippen LogP contribution in [0.5, 0.6) is 0 Å². The van der Waals surface area contributed by atoms with Crippen molar-refractivity contribution in [3.8, 4) is 0 Å². The van der Waals surface area contributed by atoms with E-state index >= 15 is 0 Å². The van der Waals surface area contributed by atoms with E-state index in [1.54, 1.807) is 29.1 Å². The lowest BCUT2D eigenvalue weighted by atomic mass is 10.2. The molecule has 2 rings (SSSR count). The van der Waals surface area contributed by atoms with Gasteiger partial charge in [0.25, 0.3) is 5.56 Å². The lowest BCUT2D eigenvalue weighted by molar-refractivity contribution is 0.660. The molecule has 2 aromatic heterocycles. The maximum absolute atomic E-state index is 11.4. The van der Waals surface area contributed by atoms with E-state index in [4.69, 9.17) is 0 Å². The van der Waals surface area contributed by atoms with Crippen LogP contribution in [0.15, 0.2) is 53.6 Å². The Morgan fingerprint density at radius 3 is 2.73 bits per heavy atom. The van der Waals surface area contributed by atoms with Crippen LogP contribution in [0.2, 0.25) is 0 Å². The highest BCUT2D eigenvalue weighted by atomic mass is 16.1. The highest BCUT2D eigenvalue weighted by Gasteiger charge is 1.96. The fourth-order valence-electron chi connectivity index (χ4n) is 1.43. The number of hydrogen-bond donors (Lipinski definition) is 0. The fraction of sp³-hybridized carbons (Fsp3) is 0.167. The van der Waals surface area contributed by atoms with Crippen LogP contribution in [-0.4, -0.2) is 9.55 Å². The number of hydrogen-bond acceptors (Lipinski definition) is 2. The van der Waals surface area contributed by atoms with E-state index in [1.165, 1.54) is 0 Å². The Morgan fingerprint density at radius 2 is 2.00 bits per heavy atom. The van der Waals surface area contributed by atoms with Crippen LogP contribution in [0.4, 0.5) is 0 Å². The average Bonchev–Trinajstić information content (AvgIpc) is 2.29. The summed E-state index contributed by atoms with van der Waals surface area (Å²) in [6.07, 6.45) is 4.35. The van der Waals surface area contributed by atoms with E-state index in [9.17, 15) is 4.79 Å². The standard InChI is InChI=1S/C12H12N2O/c15-12-6-2-4-9-14(12)10-7-11-5-1-3-8-13-11/h1-6,8-9H,7,10H2. The van der Waals surface area contributed by atoms with Crippen LogP contribution < -0.4 is 5.56 Å². The van der Waals surface area contributed by atoms with Crippen molar-refractivity contribution < 1.29 is 0 Å². The molecule has 0 radical (unpaired) electrons. The highest BCUT2D eigenvalue weighted by Crippen LogP contribution is 1.96. The molecule has 0 spiro atoms. The molecule has 76 valence electrons. The van der Waals surface area contributed by atoms with Gasteiger partial charge in [-0.15, -0.1) is 0 Å². The van der Waals surface area contributed by atoms with E-state index in [1.807, 2.05) is 24.3 Å². The summed E-state index contributed by atoms with van der Waals surface area (Å²) in [4.78, 5) is 15.6. The van der Waals surface area contributed by atoms with Gasteiger partial charge < -0.3 is 4.57 Å². The van der Waals surface area contributed by atoms with Crippen LogP contribution >= 0.6 is 0 Å². The molecule has 0 aromatic carbocycles. The van der Waals surface area contributed by atoms with E-state index in [2.05, 4.69) is 4.98 Å². The number of rotatable bonds is 3. The first-order chi connectivity index (χ1) is 7.36. The molecule has 3 nitrogen and oxygen atoms in total. The van der Waals surface area contributed by atoms with Gasteiger partial charge in [-0.3, -0.25) is 9.78 Å². The molecule has 2 aromatic rings. The predicted molar refractivity (Wildman–Crippen MR) is 58.6 cm³/mol. The topological polar surface area (TPSA) is 34.9 Å². The molecule has 0 fully saturated rings. The minimum Gasteiger partial charge on any atom is -0.315 e. The molecule has 3 heteroatoms. The van der Waals surface area contributed by atoms with Gasteiger partial charge >= 0.3 is 0 Å². The maximum Gasteiger partial charge on any atom is 0.250 e. The van der Waals surface area contributed by atoms with Gasteiger partial charge in [0.2, 0.25) is 0 Å². The zero-order chi connectivity index (χ0) is 10.5. The average molecular weight is 200 g/mol. The Bertz CT molecular complexity index is 476. The smallest absolute Gasteiger partial charge is 0.250 e. The first-order valence-corrected chi connectivity index (χ1v) is 4.91. The molecule has 0 bridgehead atoms. The van der Waals surface area contributed by atoms with Crippen LogP contribution in [0.3, 0.4) is 0 Å². The summed E-state index contributed by atoms with van der Waals surface area (Å²) in [7, 11) is 0. The van der Waals surface area contributed by atoms with Crippen molar-refractivity contribution in [2.75, 3.05) is 0 Å². The Hall–Kier alpha value is -1.90. The molecule has 0 unspecified atom stereocenters. The second-order valence-electron chi connectivity index (χ2n) is 3.30. The van der Waals surface area contributed by atoms with E-state index in [0.29, 0.717) is 6.54 Å². The van der Waals surface area contributed by atoms with Gasteiger partial charge in [-0.2, -0.15) is 0 Å². The van der Waals surface area contributed by atoms with Gasteiger partial charge in [-0.05, 0) is 18.2 Å². The van der Waals surface area contributed by atoms with Crippen molar-refractivity contribution in [2.24, 2.45) is 0 Å². The highest BCUT2D eigenvalue weighted by molar-refractivity contribution is 5.03. The van der Waals surface area contributed by atoms with Crippen molar-refractivity contribution in [3.63, 3.8) is 0 Å². The van der Waals surface area contributed by atoms with E-state index in [0.717, 1.165) is 12.1 Å². The molecule has 0 amide bonds. The Balaban J connectivity index is 2.06. The summed E-state index contributed by atoms with van der Waals surface area (Å²) >= 11 is 0. The first-order valence-electron chi connectivity index (χ1n) is 4.91. The molecule has 15 heavy (non-hydrogen) atoms. The third-order valence-corrected chi connectivity index (χ3v) is 2.23. The summed E-state index contributed by atoms with van der Waals surface area (Å²) in [6.45, 7) is 0.677. The molecule has 0 aliphatic heterocycles. The number of aromatic nitrogens is 2. The van der Waals surface area contributed by atoms with Gasteiger partial charge in [0.1, 0.15) is 0 Å². The predicted octanol–water partition coefficient (Wildman–Crippen LogP) is 1.49. The largest absolute Gasteiger partial charge is 0.315 e. The van der Waals surface area contributed by atoms with Crippen molar-refractivity contribution in [1.82, 2.24) is 9.55 Å². The zero-order valence-electron chi connectivity index (χ0n) is 8.34. The normalized spacial score (nSPS) is 10.1. The zero-order valence-corrected chi connectivity index (χ0v) is 8.34. The monoisotopic (exact) mass is 200 g/mol. The van der Waals surface area contributed by atoms with Gasteiger partial charge in [0.05, 0.1) is 0 Å². The quantitative estimate of drug-likeness (QED) is 0.752. The van der Waals surface area contributed by atoms with Crippen molar-refractivity contribution in [3.05, 3.63) is 64.8 Å². The Labute approximate surface area is 88.0 Å². The van der Waals surface area contributed by atoms with Crippen LogP contribution in [-0.2, 0) is 13.0 Å². The molecule has 0 saturated heterocycles. The van der Waals surface area contributed by atoms with E-state index < -0.39 is 0 Å². The minimum atomic E-state index is 0.0356. The number of pyridine rings is 2. The van der Waals surface area contributed by atoms with Crippen molar-refractivity contribution >= 4 is 0 Å². The van der Waals surface area contributed by atoms with Gasteiger partial charge in [0.15, 0.2) is 0 Å². The van der Waals surface area contributed by atoms with E-state index in [-0.39, 0.29) is 5.56 Å². The lowest BCUT2D eigenvalue weighted by Gasteiger charge is -2.03. The van der Waals surface area contributed by atoms with Crippen LogP contribution in [0.1, 0.15) is 5.69 Å². The third-order valence-electron chi connectivity index (χ3n) is 2.23. The molecule has 0 aliphatic carbocycles. The summed E-state index contributed by atoms with van der Waals surface area (Å²) in [6, 6.07) is 11.0. The summed E-state index contributed by atoms with van der Waals surface area (Å²) in [5.41, 5.74) is 1.04. The second-order valence-corrected chi connectivity index (χ2v) is 3.30. The van der Waals surface area contributed by atoms with Gasteiger partial charge in [-0.25, -0.2) is 0 Å². The van der Waals surface area contributed by atoms with Gasteiger partial charge in [-0.1, -0.05) is 12.1 Å². The molecular formula is C12H12N2O. The SMILES string of the molecule is O=c1ccccn1CCc1ccccn1. The number of nitrogens with zero attached hydrogens (tertiary/aromatic N) is 2. The third kappa shape index (κ3) is 2.53. The summed E-state index contributed by atoms with van der Waals surface area (Å²) in [5, 5.41) is 0. The second kappa shape index (κ2) is 4.55. The molecule has 0 aliphatic rings. The maximum atomic E-state index is 11.4. The minimum absolute atomic E-state index is 0.0356. The Kier molecular flexibility index (Phi) is 2.93. The van der Waals surface area contributed by atoms with Crippen molar-refractivity contribution in [2.45, 2.75) is 13.0 Å². The van der Waals surface area contributed by atoms with Crippen LogP contribution in [0.25, 0.3) is 0 Å². The summed E-state index contributed by atoms with van der Waals surface area (Å²) < 4.78 is 1.69. The molecule has 0 saturated carbocycles. The van der Waals surface area contributed by atoms with Crippen LogP contribution in [0, 0.1) is 0 Å². The molecule has 2 heterocycles. The fourth-order valence-corrected chi connectivity index (χ4v) is 1.43. The summed E-state index contributed by atoms with van der Waals surface area (Å²) in [5.74, 6) is 0. The first kappa shape index (κ1) is 9.65. The van der Waals surface area contributed by atoms with Gasteiger partial charge in [0, 0.05) is 37.1 Å². The Morgan fingerprint density at radius 1 is 1.13 bits per heavy atom. The molecule has 0 N–H and O–H groups in total. The van der Waals surface area contributed by atoms with Crippen molar-refractivity contribution in [1.29, 1.82) is 0 Å².